The van der Waals surface area contributed by atoms with Crippen LogP contribution in [0.4, 0.5) is 0 Å². The van der Waals surface area contributed by atoms with Gasteiger partial charge in [-0.15, -0.1) is 0 Å². The lowest BCUT2D eigenvalue weighted by Gasteiger charge is -2.32. The Hall–Kier alpha value is -2.10. The van der Waals surface area contributed by atoms with E-state index in [-0.39, 0.29) is 17.9 Å². The molecule has 1 atom stereocenters. The second-order valence-electron chi connectivity index (χ2n) is 6.90. The number of benzene rings is 1. The number of rotatable bonds is 4. The smallest absolute Gasteiger partial charge is 0.223 e. The molecule has 3 rings (SSSR count). The Bertz CT molecular complexity index is 632. The normalized spacial score (nSPS) is 20.5. The second-order valence-corrected chi connectivity index (χ2v) is 6.90. The monoisotopic (exact) mass is 326 g/mol. The fourth-order valence-electron chi connectivity index (χ4n) is 3.81. The first-order chi connectivity index (χ1) is 11.6. The van der Waals surface area contributed by atoms with Crippen LogP contribution in [0.5, 0.6) is 0 Å². The minimum Gasteiger partial charge on any atom is -0.356 e. The minimum absolute atomic E-state index is 0.0296. The summed E-state index contributed by atoms with van der Waals surface area (Å²) in [5.41, 5.74) is 2.13. The maximum Gasteiger partial charge on any atom is 0.223 e. The number of hydrogen-bond donors (Lipinski definition) is 1. The molecule has 1 aromatic carbocycles. The molecule has 1 fully saturated rings. The second kappa shape index (κ2) is 7.65. The van der Waals surface area contributed by atoms with Gasteiger partial charge in [-0.25, -0.2) is 0 Å². The summed E-state index contributed by atoms with van der Waals surface area (Å²) >= 11 is 0. The van der Waals surface area contributed by atoms with Gasteiger partial charge in [-0.3, -0.25) is 9.59 Å². The van der Waals surface area contributed by atoms with E-state index in [4.69, 9.17) is 0 Å². The lowest BCUT2D eigenvalue weighted by molar-refractivity contribution is -0.130. The predicted octanol–water partition coefficient (Wildman–Crippen LogP) is 3.65. The minimum atomic E-state index is -0.213. The first kappa shape index (κ1) is 16.7. The number of carbonyl (C=O) groups is 2. The molecule has 24 heavy (non-hydrogen) atoms. The quantitative estimate of drug-likeness (QED) is 0.918. The van der Waals surface area contributed by atoms with Crippen LogP contribution in [-0.4, -0.2) is 23.3 Å². The standard InChI is InChI=1S/C20H26N2O2/c1-15(23)22-12-11-17-9-5-6-10-18(17)19(22)13-20(24)21-14-16-7-3-2-4-8-16/h5-6,9-12,16,19H,2-4,7-8,13-14H2,1H3,(H,21,24)/t19-/m0/s1. The third kappa shape index (κ3) is 3.86. The van der Waals surface area contributed by atoms with Crippen LogP contribution in [-0.2, 0) is 9.59 Å². The van der Waals surface area contributed by atoms with Gasteiger partial charge < -0.3 is 10.2 Å². The Morgan fingerprint density at radius 2 is 1.92 bits per heavy atom. The number of nitrogens with one attached hydrogen (secondary N) is 1. The van der Waals surface area contributed by atoms with Crippen molar-refractivity contribution in [3.05, 3.63) is 41.6 Å². The van der Waals surface area contributed by atoms with Gasteiger partial charge in [0.25, 0.3) is 0 Å². The van der Waals surface area contributed by atoms with Gasteiger partial charge in [0.2, 0.25) is 11.8 Å². The number of amides is 2. The average molecular weight is 326 g/mol. The molecule has 1 aliphatic heterocycles. The van der Waals surface area contributed by atoms with Crippen molar-refractivity contribution in [3.63, 3.8) is 0 Å². The van der Waals surface area contributed by atoms with Crippen LogP contribution in [0.1, 0.15) is 62.6 Å². The van der Waals surface area contributed by atoms with Crippen molar-refractivity contribution in [2.45, 2.75) is 51.5 Å². The highest BCUT2D eigenvalue weighted by molar-refractivity contribution is 5.81. The molecule has 128 valence electrons. The van der Waals surface area contributed by atoms with Gasteiger partial charge >= 0.3 is 0 Å². The molecule has 1 N–H and O–H groups in total. The summed E-state index contributed by atoms with van der Waals surface area (Å²) < 4.78 is 0. The van der Waals surface area contributed by atoms with E-state index in [0.29, 0.717) is 12.3 Å². The lowest BCUT2D eigenvalue weighted by atomic mass is 9.89. The molecule has 2 aliphatic rings. The van der Waals surface area contributed by atoms with Crippen LogP contribution in [0.2, 0.25) is 0 Å². The van der Waals surface area contributed by atoms with Crippen molar-refractivity contribution >= 4 is 17.9 Å². The zero-order chi connectivity index (χ0) is 16.9. The fraction of sp³-hybridized carbons (Fsp3) is 0.500. The first-order valence-electron chi connectivity index (χ1n) is 8.98. The van der Waals surface area contributed by atoms with E-state index in [1.165, 1.54) is 32.1 Å². The molecule has 0 unspecified atom stereocenters. The topological polar surface area (TPSA) is 49.4 Å². The molecular formula is C20H26N2O2. The SMILES string of the molecule is CC(=O)N1C=Cc2ccccc2[C@@H]1CC(=O)NCC1CCCCC1. The maximum absolute atomic E-state index is 12.5. The van der Waals surface area contributed by atoms with E-state index in [9.17, 15) is 9.59 Å². The molecule has 0 radical (unpaired) electrons. The Morgan fingerprint density at radius 3 is 2.67 bits per heavy atom. The van der Waals surface area contributed by atoms with Crippen molar-refractivity contribution in [1.82, 2.24) is 10.2 Å². The van der Waals surface area contributed by atoms with Gasteiger partial charge in [0, 0.05) is 19.7 Å². The third-order valence-corrected chi connectivity index (χ3v) is 5.16. The Morgan fingerprint density at radius 1 is 1.17 bits per heavy atom. The molecule has 1 saturated carbocycles. The Balaban J connectivity index is 1.65. The van der Waals surface area contributed by atoms with Crippen LogP contribution in [0, 0.1) is 5.92 Å². The van der Waals surface area contributed by atoms with E-state index in [0.717, 1.165) is 17.7 Å². The van der Waals surface area contributed by atoms with E-state index in [2.05, 4.69) is 5.32 Å². The van der Waals surface area contributed by atoms with Gasteiger partial charge in [-0.1, -0.05) is 43.5 Å². The predicted molar refractivity (Wildman–Crippen MR) is 94.9 cm³/mol. The Kier molecular flexibility index (Phi) is 5.34. The average Bonchev–Trinajstić information content (AvgIpc) is 2.61. The van der Waals surface area contributed by atoms with Gasteiger partial charge in [-0.05, 0) is 36.0 Å². The number of nitrogens with zero attached hydrogens (tertiary/aromatic N) is 1. The first-order valence-corrected chi connectivity index (χ1v) is 8.98. The van der Waals surface area contributed by atoms with Crippen LogP contribution < -0.4 is 5.32 Å². The van der Waals surface area contributed by atoms with Crippen LogP contribution in [0.3, 0.4) is 0 Å². The molecule has 0 saturated heterocycles. The van der Waals surface area contributed by atoms with Crippen molar-refractivity contribution in [2.75, 3.05) is 6.54 Å². The molecule has 0 aromatic heterocycles. The van der Waals surface area contributed by atoms with Crippen molar-refractivity contribution in [2.24, 2.45) is 5.92 Å². The van der Waals surface area contributed by atoms with Crippen LogP contribution in [0.15, 0.2) is 30.5 Å². The summed E-state index contributed by atoms with van der Waals surface area (Å²) in [7, 11) is 0. The number of hydrogen-bond acceptors (Lipinski definition) is 2. The molecule has 2 amide bonds. The lowest BCUT2D eigenvalue weighted by Crippen LogP contribution is -2.36. The fourth-order valence-corrected chi connectivity index (χ4v) is 3.81. The van der Waals surface area contributed by atoms with Gasteiger partial charge in [0.15, 0.2) is 0 Å². The largest absolute Gasteiger partial charge is 0.356 e. The highest BCUT2D eigenvalue weighted by atomic mass is 16.2. The molecular weight excluding hydrogens is 300 g/mol. The highest BCUT2D eigenvalue weighted by Crippen LogP contribution is 2.32. The highest BCUT2D eigenvalue weighted by Gasteiger charge is 2.28. The molecule has 1 aliphatic carbocycles. The molecule has 4 nitrogen and oxygen atoms in total. The summed E-state index contributed by atoms with van der Waals surface area (Å²) in [6.45, 7) is 2.31. The summed E-state index contributed by atoms with van der Waals surface area (Å²) in [5.74, 6) is 0.609. The molecule has 1 aromatic rings. The van der Waals surface area contributed by atoms with Gasteiger partial charge in [-0.2, -0.15) is 0 Å². The van der Waals surface area contributed by atoms with Crippen molar-refractivity contribution in [3.8, 4) is 0 Å². The molecule has 0 bridgehead atoms. The zero-order valence-corrected chi connectivity index (χ0v) is 14.3. The van der Waals surface area contributed by atoms with Gasteiger partial charge in [0.05, 0.1) is 12.5 Å². The van der Waals surface area contributed by atoms with E-state index in [1.54, 1.807) is 18.0 Å². The van der Waals surface area contributed by atoms with E-state index in [1.807, 2.05) is 30.3 Å². The van der Waals surface area contributed by atoms with E-state index >= 15 is 0 Å². The molecule has 1 heterocycles. The summed E-state index contributed by atoms with van der Waals surface area (Å²) in [6, 6.07) is 7.76. The Labute approximate surface area is 143 Å². The van der Waals surface area contributed by atoms with Crippen LogP contribution in [0.25, 0.3) is 6.08 Å². The number of fused-ring (bicyclic) bond motifs is 1. The van der Waals surface area contributed by atoms with Crippen molar-refractivity contribution in [1.29, 1.82) is 0 Å². The summed E-state index contributed by atoms with van der Waals surface area (Å²) in [6.07, 6.45) is 10.4. The van der Waals surface area contributed by atoms with Gasteiger partial charge in [0.1, 0.15) is 0 Å². The molecule has 4 heteroatoms. The summed E-state index contributed by atoms with van der Waals surface area (Å²) in [5, 5.41) is 3.09. The summed E-state index contributed by atoms with van der Waals surface area (Å²) in [4.78, 5) is 26.1. The third-order valence-electron chi connectivity index (χ3n) is 5.16. The maximum atomic E-state index is 12.5. The molecule has 0 spiro atoms. The number of carbonyl (C=O) groups excluding carboxylic acids is 2. The zero-order valence-electron chi connectivity index (χ0n) is 14.3. The van der Waals surface area contributed by atoms with Crippen molar-refractivity contribution < 1.29 is 9.59 Å². The van der Waals surface area contributed by atoms with E-state index < -0.39 is 0 Å². The van der Waals surface area contributed by atoms with Crippen LogP contribution >= 0.6 is 0 Å².